The minimum Gasteiger partial charge on any atom is -0.457 e. The van der Waals surface area contributed by atoms with Gasteiger partial charge in [0.05, 0.1) is 11.8 Å². The Balaban J connectivity index is 1.67. The summed E-state index contributed by atoms with van der Waals surface area (Å²) >= 11 is 0. The number of hydrogen-bond acceptors (Lipinski definition) is 3. The van der Waals surface area contributed by atoms with Crippen LogP contribution in [0.5, 0.6) is 11.5 Å². The molecule has 0 bridgehead atoms. The van der Waals surface area contributed by atoms with Crippen molar-refractivity contribution in [3.8, 4) is 11.5 Å². The lowest BCUT2D eigenvalue weighted by Gasteiger charge is -2.09. The van der Waals surface area contributed by atoms with Crippen LogP contribution in [0.2, 0.25) is 0 Å². The van der Waals surface area contributed by atoms with Crippen LogP contribution in [0.15, 0.2) is 77.9 Å². The molecule has 3 aromatic rings. The zero-order valence-electron chi connectivity index (χ0n) is 15.4. The van der Waals surface area contributed by atoms with E-state index in [9.17, 15) is 18.0 Å². The average molecular weight is 398 g/mol. The number of benzene rings is 3. The Labute approximate surface area is 165 Å². The van der Waals surface area contributed by atoms with E-state index in [0.29, 0.717) is 17.1 Å². The van der Waals surface area contributed by atoms with E-state index in [1.165, 1.54) is 6.21 Å². The third-order valence-electron chi connectivity index (χ3n) is 4.01. The van der Waals surface area contributed by atoms with E-state index in [1.807, 2.05) is 37.3 Å². The SMILES string of the molecule is Cc1ccc(Oc2ccccc2/C=N/NC(=O)c2ccc(C(F)(F)F)cc2)cc1. The summed E-state index contributed by atoms with van der Waals surface area (Å²) in [6.45, 7) is 1.98. The van der Waals surface area contributed by atoms with Gasteiger partial charge in [-0.15, -0.1) is 0 Å². The van der Waals surface area contributed by atoms with E-state index in [1.54, 1.807) is 18.2 Å². The summed E-state index contributed by atoms with van der Waals surface area (Å²) in [5.41, 5.74) is 3.28. The highest BCUT2D eigenvalue weighted by Crippen LogP contribution is 2.29. The molecule has 0 unspecified atom stereocenters. The molecule has 3 aromatic carbocycles. The highest BCUT2D eigenvalue weighted by Gasteiger charge is 2.30. The summed E-state index contributed by atoms with van der Waals surface area (Å²) in [5.74, 6) is 0.584. The lowest BCUT2D eigenvalue weighted by atomic mass is 10.1. The van der Waals surface area contributed by atoms with Crippen LogP contribution in [0.1, 0.15) is 27.0 Å². The zero-order valence-corrected chi connectivity index (χ0v) is 15.4. The Kier molecular flexibility index (Phi) is 5.97. The molecule has 148 valence electrons. The number of carbonyl (C=O) groups is 1. The van der Waals surface area contributed by atoms with Crippen LogP contribution in [0.25, 0.3) is 0 Å². The van der Waals surface area contributed by atoms with Gasteiger partial charge in [-0.3, -0.25) is 4.79 Å². The van der Waals surface area contributed by atoms with E-state index in [4.69, 9.17) is 4.74 Å². The molecule has 1 N–H and O–H groups in total. The minimum atomic E-state index is -4.45. The Morgan fingerprint density at radius 2 is 1.62 bits per heavy atom. The van der Waals surface area contributed by atoms with Crippen molar-refractivity contribution >= 4 is 12.1 Å². The summed E-state index contributed by atoms with van der Waals surface area (Å²) in [4.78, 5) is 12.1. The normalized spacial score (nSPS) is 11.4. The van der Waals surface area contributed by atoms with Crippen molar-refractivity contribution in [2.45, 2.75) is 13.1 Å². The number of alkyl halides is 3. The molecule has 0 spiro atoms. The van der Waals surface area contributed by atoms with Crippen molar-refractivity contribution < 1.29 is 22.7 Å². The Bertz CT molecular complexity index is 1010. The molecule has 0 heterocycles. The number of amides is 1. The first-order chi connectivity index (χ1) is 13.8. The van der Waals surface area contributed by atoms with Gasteiger partial charge in [-0.05, 0) is 55.5 Å². The molecule has 0 aliphatic carbocycles. The number of aryl methyl sites for hydroxylation is 1. The Hall–Kier alpha value is -3.61. The maximum absolute atomic E-state index is 12.6. The molecule has 0 saturated heterocycles. The molecule has 29 heavy (non-hydrogen) atoms. The molecule has 4 nitrogen and oxygen atoms in total. The standard InChI is InChI=1S/C22H17F3N2O2/c1-15-6-12-19(13-7-15)29-20-5-3-2-4-17(20)14-26-27-21(28)16-8-10-18(11-9-16)22(23,24)25/h2-14H,1H3,(H,27,28)/b26-14+. The molecule has 7 heteroatoms. The van der Waals surface area contributed by atoms with Crippen molar-refractivity contribution in [1.82, 2.24) is 5.43 Å². The van der Waals surface area contributed by atoms with Crippen LogP contribution in [0, 0.1) is 6.92 Å². The molecule has 0 radical (unpaired) electrons. The smallest absolute Gasteiger partial charge is 0.416 e. The molecule has 1 amide bonds. The number of nitrogens with zero attached hydrogens (tertiary/aromatic N) is 1. The average Bonchev–Trinajstić information content (AvgIpc) is 2.70. The first-order valence-corrected chi connectivity index (χ1v) is 8.67. The van der Waals surface area contributed by atoms with Crippen LogP contribution >= 0.6 is 0 Å². The summed E-state index contributed by atoms with van der Waals surface area (Å²) in [6.07, 6.45) is -3.04. The number of nitrogens with one attached hydrogen (secondary N) is 1. The van der Waals surface area contributed by atoms with Gasteiger partial charge in [0.2, 0.25) is 0 Å². The Morgan fingerprint density at radius 3 is 2.28 bits per heavy atom. The van der Waals surface area contributed by atoms with Gasteiger partial charge in [0, 0.05) is 11.1 Å². The number of para-hydroxylation sites is 1. The lowest BCUT2D eigenvalue weighted by Crippen LogP contribution is -2.18. The Morgan fingerprint density at radius 1 is 0.966 bits per heavy atom. The molecule has 0 aliphatic heterocycles. The van der Waals surface area contributed by atoms with E-state index < -0.39 is 17.6 Å². The maximum Gasteiger partial charge on any atom is 0.416 e. The number of halogens is 3. The van der Waals surface area contributed by atoms with Crippen molar-refractivity contribution in [2.75, 3.05) is 0 Å². The maximum atomic E-state index is 12.6. The molecule has 0 aliphatic rings. The first kappa shape index (κ1) is 20.1. The highest BCUT2D eigenvalue weighted by atomic mass is 19.4. The second-order valence-corrected chi connectivity index (χ2v) is 6.23. The van der Waals surface area contributed by atoms with Crippen LogP contribution in [0.3, 0.4) is 0 Å². The van der Waals surface area contributed by atoms with Gasteiger partial charge in [-0.1, -0.05) is 29.8 Å². The molecular weight excluding hydrogens is 381 g/mol. The van der Waals surface area contributed by atoms with Crippen molar-refractivity contribution in [3.05, 3.63) is 95.1 Å². The van der Waals surface area contributed by atoms with E-state index in [2.05, 4.69) is 10.5 Å². The van der Waals surface area contributed by atoms with Crippen LogP contribution in [0.4, 0.5) is 13.2 Å². The van der Waals surface area contributed by atoms with Crippen LogP contribution < -0.4 is 10.2 Å². The number of ether oxygens (including phenoxy) is 1. The fourth-order valence-electron chi connectivity index (χ4n) is 2.45. The van der Waals surface area contributed by atoms with Gasteiger partial charge in [-0.2, -0.15) is 18.3 Å². The number of hydrogen-bond donors (Lipinski definition) is 1. The third kappa shape index (κ3) is 5.44. The molecule has 0 aromatic heterocycles. The largest absolute Gasteiger partial charge is 0.457 e. The molecule has 0 fully saturated rings. The molecule has 0 atom stereocenters. The number of carbonyl (C=O) groups excluding carboxylic acids is 1. The van der Waals surface area contributed by atoms with Gasteiger partial charge in [0.15, 0.2) is 0 Å². The van der Waals surface area contributed by atoms with Gasteiger partial charge < -0.3 is 4.74 Å². The van der Waals surface area contributed by atoms with Crippen LogP contribution in [-0.4, -0.2) is 12.1 Å². The van der Waals surface area contributed by atoms with E-state index in [-0.39, 0.29) is 5.56 Å². The molecular formula is C22H17F3N2O2. The van der Waals surface area contributed by atoms with Gasteiger partial charge in [-0.25, -0.2) is 5.43 Å². The van der Waals surface area contributed by atoms with Crippen molar-refractivity contribution in [1.29, 1.82) is 0 Å². The topological polar surface area (TPSA) is 50.7 Å². The third-order valence-corrected chi connectivity index (χ3v) is 4.01. The first-order valence-electron chi connectivity index (χ1n) is 8.67. The quantitative estimate of drug-likeness (QED) is 0.451. The summed E-state index contributed by atoms with van der Waals surface area (Å²) in [7, 11) is 0. The second-order valence-electron chi connectivity index (χ2n) is 6.23. The zero-order chi connectivity index (χ0) is 20.9. The number of rotatable bonds is 5. The predicted octanol–water partition coefficient (Wildman–Crippen LogP) is 5.57. The van der Waals surface area contributed by atoms with Gasteiger partial charge >= 0.3 is 6.18 Å². The lowest BCUT2D eigenvalue weighted by molar-refractivity contribution is -0.137. The highest BCUT2D eigenvalue weighted by molar-refractivity contribution is 5.95. The predicted molar refractivity (Wildman–Crippen MR) is 104 cm³/mol. The fourth-order valence-corrected chi connectivity index (χ4v) is 2.45. The number of hydrazone groups is 1. The van der Waals surface area contributed by atoms with Crippen molar-refractivity contribution in [3.63, 3.8) is 0 Å². The summed E-state index contributed by atoms with van der Waals surface area (Å²) in [5, 5.41) is 3.88. The van der Waals surface area contributed by atoms with Crippen molar-refractivity contribution in [2.24, 2.45) is 5.10 Å². The van der Waals surface area contributed by atoms with Crippen LogP contribution in [-0.2, 0) is 6.18 Å². The fraction of sp³-hybridized carbons (Fsp3) is 0.0909. The summed E-state index contributed by atoms with van der Waals surface area (Å²) < 4.78 is 43.6. The minimum absolute atomic E-state index is 0.0688. The monoisotopic (exact) mass is 398 g/mol. The van der Waals surface area contributed by atoms with Gasteiger partial charge in [0.25, 0.3) is 5.91 Å². The second kappa shape index (κ2) is 8.60. The summed E-state index contributed by atoms with van der Waals surface area (Å²) in [6, 6.07) is 18.6. The van der Waals surface area contributed by atoms with E-state index >= 15 is 0 Å². The molecule has 0 saturated carbocycles. The van der Waals surface area contributed by atoms with Gasteiger partial charge in [0.1, 0.15) is 11.5 Å². The van der Waals surface area contributed by atoms with E-state index in [0.717, 1.165) is 29.8 Å². The molecule has 3 rings (SSSR count).